The molecule has 0 atom stereocenters. The minimum absolute atomic E-state index is 0.0625. The third kappa shape index (κ3) is 1.99. The van der Waals surface area contributed by atoms with Gasteiger partial charge in [-0.3, -0.25) is 4.79 Å². The molecular formula is C10H13NO2. The minimum atomic E-state index is -0.813. The number of nitrogens with two attached hydrogens (primary N) is 1. The number of nitrogen functional groups attached to an aromatic ring is 1. The second kappa shape index (κ2) is 3.47. The molecule has 0 aliphatic carbocycles. The molecule has 0 saturated carbocycles. The molecule has 1 aromatic rings. The van der Waals surface area contributed by atoms with E-state index < -0.39 is 5.97 Å². The van der Waals surface area contributed by atoms with E-state index in [-0.39, 0.29) is 6.42 Å². The zero-order valence-corrected chi connectivity index (χ0v) is 7.79. The molecule has 0 spiro atoms. The summed E-state index contributed by atoms with van der Waals surface area (Å²) in [5, 5.41) is 8.62. The molecule has 70 valence electrons. The maximum atomic E-state index is 10.5. The van der Waals surface area contributed by atoms with Crippen molar-refractivity contribution in [3.8, 4) is 0 Å². The molecule has 0 saturated heterocycles. The molecule has 0 aromatic heterocycles. The Morgan fingerprint density at radius 1 is 1.38 bits per heavy atom. The Balaban J connectivity index is 3.10. The van der Waals surface area contributed by atoms with Crippen LogP contribution in [0.4, 0.5) is 5.69 Å². The summed E-state index contributed by atoms with van der Waals surface area (Å²) in [6.45, 7) is 3.79. The fourth-order valence-corrected chi connectivity index (χ4v) is 1.25. The van der Waals surface area contributed by atoms with E-state index in [2.05, 4.69) is 0 Å². The predicted molar refractivity (Wildman–Crippen MR) is 51.7 cm³/mol. The molecule has 3 N–H and O–H groups in total. The van der Waals surface area contributed by atoms with Crippen LogP contribution in [0.15, 0.2) is 12.1 Å². The number of aliphatic carboxylic acids is 1. The quantitative estimate of drug-likeness (QED) is 0.676. The van der Waals surface area contributed by atoms with Crippen molar-refractivity contribution in [3.05, 3.63) is 28.8 Å². The lowest BCUT2D eigenvalue weighted by Gasteiger charge is -2.08. The highest BCUT2D eigenvalue weighted by molar-refractivity contribution is 5.71. The van der Waals surface area contributed by atoms with Crippen molar-refractivity contribution in [3.63, 3.8) is 0 Å². The zero-order chi connectivity index (χ0) is 10.0. The highest BCUT2D eigenvalue weighted by atomic mass is 16.4. The zero-order valence-electron chi connectivity index (χ0n) is 7.79. The summed E-state index contributed by atoms with van der Waals surface area (Å²) < 4.78 is 0. The van der Waals surface area contributed by atoms with E-state index in [1.54, 1.807) is 12.1 Å². The number of carbonyl (C=O) groups is 1. The van der Waals surface area contributed by atoms with Crippen LogP contribution in [0.25, 0.3) is 0 Å². The molecule has 0 radical (unpaired) electrons. The number of carboxylic acid groups (broad SMARTS) is 1. The summed E-state index contributed by atoms with van der Waals surface area (Å²) in [7, 11) is 0. The standard InChI is InChI=1S/C10H13NO2/c1-6-7(2)9(11)4-3-8(6)5-10(12)13/h3-4H,5,11H2,1-2H3,(H,12,13). The van der Waals surface area contributed by atoms with Crippen LogP contribution in [0.5, 0.6) is 0 Å². The van der Waals surface area contributed by atoms with Crippen LogP contribution < -0.4 is 5.73 Å². The molecule has 13 heavy (non-hydrogen) atoms. The van der Waals surface area contributed by atoms with Crippen LogP contribution >= 0.6 is 0 Å². The van der Waals surface area contributed by atoms with Gasteiger partial charge >= 0.3 is 5.97 Å². The normalized spacial score (nSPS) is 10.0. The lowest BCUT2D eigenvalue weighted by Crippen LogP contribution is -2.04. The number of anilines is 1. The molecule has 3 heteroatoms. The third-order valence-corrected chi connectivity index (χ3v) is 2.28. The SMILES string of the molecule is Cc1c(N)ccc(CC(=O)O)c1C. The van der Waals surface area contributed by atoms with E-state index in [1.165, 1.54) is 0 Å². The first-order valence-electron chi connectivity index (χ1n) is 4.08. The minimum Gasteiger partial charge on any atom is -0.481 e. The topological polar surface area (TPSA) is 63.3 Å². The Kier molecular flexibility index (Phi) is 2.56. The van der Waals surface area contributed by atoms with Gasteiger partial charge in [-0.05, 0) is 36.6 Å². The van der Waals surface area contributed by atoms with Gasteiger partial charge in [0.2, 0.25) is 0 Å². The lowest BCUT2D eigenvalue weighted by atomic mass is 10.00. The van der Waals surface area contributed by atoms with E-state index in [0.29, 0.717) is 5.69 Å². The van der Waals surface area contributed by atoms with Crippen LogP contribution in [-0.2, 0) is 11.2 Å². The van der Waals surface area contributed by atoms with Gasteiger partial charge in [0, 0.05) is 5.69 Å². The number of carboxylic acids is 1. The van der Waals surface area contributed by atoms with Gasteiger partial charge in [0.05, 0.1) is 6.42 Å². The molecular weight excluding hydrogens is 166 g/mol. The molecule has 1 rings (SSSR count). The first-order valence-corrected chi connectivity index (χ1v) is 4.08. The Hall–Kier alpha value is -1.51. The molecule has 0 aliphatic rings. The molecule has 0 unspecified atom stereocenters. The molecule has 0 heterocycles. The van der Waals surface area contributed by atoms with Gasteiger partial charge in [-0.1, -0.05) is 6.07 Å². The monoisotopic (exact) mass is 179 g/mol. The average Bonchev–Trinajstić information content (AvgIpc) is 2.06. The van der Waals surface area contributed by atoms with Gasteiger partial charge in [0.15, 0.2) is 0 Å². The lowest BCUT2D eigenvalue weighted by molar-refractivity contribution is -0.136. The number of hydrogen-bond acceptors (Lipinski definition) is 2. The van der Waals surface area contributed by atoms with Crippen molar-refractivity contribution < 1.29 is 9.90 Å². The van der Waals surface area contributed by atoms with Crippen molar-refractivity contribution in [2.75, 3.05) is 5.73 Å². The van der Waals surface area contributed by atoms with Crippen molar-refractivity contribution >= 4 is 11.7 Å². The maximum Gasteiger partial charge on any atom is 0.307 e. The Labute approximate surface area is 77.2 Å². The summed E-state index contributed by atoms with van der Waals surface area (Å²) in [5.74, 6) is -0.813. The summed E-state index contributed by atoms with van der Waals surface area (Å²) in [5.41, 5.74) is 9.17. The fourth-order valence-electron chi connectivity index (χ4n) is 1.25. The second-order valence-electron chi connectivity index (χ2n) is 3.13. The fraction of sp³-hybridized carbons (Fsp3) is 0.300. The Bertz CT molecular complexity index is 345. The first-order chi connectivity index (χ1) is 6.02. The van der Waals surface area contributed by atoms with Gasteiger partial charge in [-0.2, -0.15) is 0 Å². The predicted octanol–water partition coefficient (Wildman–Crippen LogP) is 1.51. The van der Waals surface area contributed by atoms with E-state index in [4.69, 9.17) is 10.8 Å². The van der Waals surface area contributed by atoms with Crippen molar-refractivity contribution in [1.82, 2.24) is 0 Å². The van der Waals surface area contributed by atoms with Crippen LogP contribution in [0, 0.1) is 13.8 Å². The largest absolute Gasteiger partial charge is 0.481 e. The van der Waals surface area contributed by atoms with Gasteiger partial charge in [-0.25, -0.2) is 0 Å². The third-order valence-electron chi connectivity index (χ3n) is 2.28. The average molecular weight is 179 g/mol. The van der Waals surface area contributed by atoms with Crippen molar-refractivity contribution in [2.24, 2.45) is 0 Å². The van der Waals surface area contributed by atoms with Crippen molar-refractivity contribution in [1.29, 1.82) is 0 Å². The summed E-state index contributed by atoms with van der Waals surface area (Å²) >= 11 is 0. The van der Waals surface area contributed by atoms with E-state index in [9.17, 15) is 4.79 Å². The Morgan fingerprint density at radius 3 is 2.54 bits per heavy atom. The number of hydrogen-bond donors (Lipinski definition) is 2. The molecule has 0 fully saturated rings. The summed E-state index contributed by atoms with van der Waals surface area (Å²) in [4.78, 5) is 10.5. The second-order valence-corrected chi connectivity index (χ2v) is 3.13. The first kappa shape index (κ1) is 9.58. The van der Waals surface area contributed by atoms with Gasteiger partial charge in [0.1, 0.15) is 0 Å². The van der Waals surface area contributed by atoms with E-state index in [0.717, 1.165) is 16.7 Å². The van der Waals surface area contributed by atoms with Gasteiger partial charge in [-0.15, -0.1) is 0 Å². The summed E-state index contributed by atoms with van der Waals surface area (Å²) in [6.07, 6.45) is 0.0625. The van der Waals surface area contributed by atoms with Crippen LogP contribution in [0.2, 0.25) is 0 Å². The molecule has 0 amide bonds. The highest BCUT2D eigenvalue weighted by Gasteiger charge is 2.06. The summed E-state index contributed by atoms with van der Waals surface area (Å²) in [6, 6.07) is 3.52. The van der Waals surface area contributed by atoms with E-state index >= 15 is 0 Å². The number of rotatable bonds is 2. The highest BCUT2D eigenvalue weighted by Crippen LogP contribution is 2.19. The van der Waals surface area contributed by atoms with Gasteiger partial charge in [0.25, 0.3) is 0 Å². The van der Waals surface area contributed by atoms with Crippen LogP contribution in [0.3, 0.4) is 0 Å². The van der Waals surface area contributed by atoms with Gasteiger partial charge < -0.3 is 10.8 Å². The molecule has 0 bridgehead atoms. The molecule has 1 aromatic carbocycles. The van der Waals surface area contributed by atoms with Crippen LogP contribution in [0.1, 0.15) is 16.7 Å². The number of benzene rings is 1. The molecule has 0 aliphatic heterocycles. The maximum absolute atomic E-state index is 10.5. The smallest absolute Gasteiger partial charge is 0.307 e. The van der Waals surface area contributed by atoms with Crippen molar-refractivity contribution in [2.45, 2.75) is 20.3 Å². The van der Waals surface area contributed by atoms with Crippen LogP contribution in [-0.4, -0.2) is 11.1 Å². The Morgan fingerprint density at radius 2 is 2.00 bits per heavy atom. The van der Waals surface area contributed by atoms with E-state index in [1.807, 2.05) is 13.8 Å². The molecule has 3 nitrogen and oxygen atoms in total.